The van der Waals surface area contributed by atoms with Gasteiger partial charge < -0.3 is 15.5 Å². The van der Waals surface area contributed by atoms with Gasteiger partial charge in [-0.25, -0.2) is 13.6 Å². The van der Waals surface area contributed by atoms with Crippen molar-refractivity contribution < 1.29 is 23.4 Å². The summed E-state index contributed by atoms with van der Waals surface area (Å²) in [5.41, 5.74) is -0.0236. The van der Waals surface area contributed by atoms with Gasteiger partial charge in [0.2, 0.25) is 10.0 Å². The van der Waals surface area contributed by atoms with Gasteiger partial charge in [-0.3, -0.25) is 4.79 Å². The third-order valence-corrected chi connectivity index (χ3v) is 3.58. The summed E-state index contributed by atoms with van der Waals surface area (Å²) in [6.07, 6.45) is 0. The van der Waals surface area contributed by atoms with Gasteiger partial charge >= 0.3 is 0 Å². The molecule has 0 saturated carbocycles. The number of amides is 1. The smallest absolute Gasteiger partial charge is 0.255 e. The highest BCUT2D eigenvalue weighted by molar-refractivity contribution is 7.89. The van der Waals surface area contributed by atoms with Gasteiger partial charge in [-0.05, 0) is 24.3 Å². The fourth-order valence-corrected chi connectivity index (χ4v) is 2.43. The topological polar surface area (TPSA) is 130 Å². The SMILES string of the molecule is NS(=O)(=O)c1ccccc1NC(=O)c1cc(O)cc(O)c1. The molecule has 1 amide bonds. The lowest BCUT2D eigenvalue weighted by molar-refractivity contribution is 0.102. The largest absolute Gasteiger partial charge is 0.508 e. The molecule has 0 aromatic heterocycles. The normalized spacial score (nSPS) is 11.1. The minimum absolute atomic E-state index is 0.00725. The van der Waals surface area contributed by atoms with Crippen molar-refractivity contribution in [2.45, 2.75) is 4.90 Å². The van der Waals surface area contributed by atoms with Crippen LogP contribution in [-0.4, -0.2) is 24.5 Å². The van der Waals surface area contributed by atoms with E-state index in [1.807, 2.05) is 0 Å². The number of nitrogens with two attached hydrogens (primary N) is 1. The summed E-state index contributed by atoms with van der Waals surface area (Å²) in [6, 6.07) is 8.96. The average Bonchev–Trinajstić information content (AvgIpc) is 2.37. The van der Waals surface area contributed by atoms with Crippen LogP contribution in [0.1, 0.15) is 10.4 Å². The summed E-state index contributed by atoms with van der Waals surface area (Å²) in [4.78, 5) is 11.8. The Balaban J connectivity index is 2.37. The van der Waals surface area contributed by atoms with Gasteiger partial charge in [0.25, 0.3) is 5.91 Å². The van der Waals surface area contributed by atoms with Crippen molar-refractivity contribution in [2.24, 2.45) is 5.14 Å². The standard InChI is InChI=1S/C13H12N2O5S/c14-21(19,20)12-4-2-1-3-11(12)15-13(18)8-5-9(16)7-10(17)6-8/h1-7,16-17H,(H,15,18)(H2,14,19,20). The Bertz CT molecular complexity index is 782. The van der Waals surface area contributed by atoms with Gasteiger partial charge in [-0.15, -0.1) is 0 Å². The van der Waals surface area contributed by atoms with Crippen molar-refractivity contribution in [3.05, 3.63) is 48.0 Å². The number of primary sulfonamides is 1. The van der Waals surface area contributed by atoms with Gasteiger partial charge in [0.1, 0.15) is 16.4 Å². The predicted molar refractivity (Wildman–Crippen MR) is 75.5 cm³/mol. The minimum Gasteiger partial charge on any atom is -0.508 e. The summed E-state index contributed by atoms with van der Waals surface area (Å²) in [5.74, 6) is -1.28. The maximum Gasteiger partial charge on any atom is 0.255 e. The third kappa shape index (κ3) is 3.50. The molecular weight excluding hydrogens is 296 g/mol. The summed E-state index contributed by atoms with van der Waals surface area (Å²) < 4.78 is 22.9. The maximum atomic E-state index is 12.0. The number of carbonyl (C=O) groups excluding carboxylic acids is 1. The van der Waals surface area contributed by atoms with Crippen LogP contribution in [0, 0.1) is 0 Å². The molecule has 2 aromatic carbocycles. The van der Waals surface area contributed by atoms with Gasteiger partial charge in [0, 0.05) is 11.6 Å². The van der Waals surface area contributed by atoms with Crippen molar-refractivity contribution in [2.75, 3.05) is 5.32 Å². The molecule has 0 atom stereocenters. The van der Waals surface area contributed by atoms with Crippen LogP contribution in [0.4, 0.5) is 5.69 Å². The van der Waals surface area contributed by atoms with Gasteiger partial charge in [0.15, 0.2) is 0 Å². The van der Waals surface area contributed by atoms with E-state index in [0.29, 0.717) is 0 Å². The Morgan fingerprint density at radius 2 is 1.62 bits per heavy atom. The highest BCUT2D eigenvalue weighted by atomic mass is 32.2. The molecule has 110 valence electrons. The van der Waals surface area contributed by atoms with Crippen LogP contribution in [0.5, 0.6) is 11.5 Å². The van der Waals surface area contributed by atoms with E-state index in [4.69, 9.17) is 5.14 Å². The predicted octanol–water partition coefficient (Wildman–Crippen LogP) is 0.998. The highest BCUT2D eigenvalue weighted by Gasteiger charge is 2.16. The van der Waals surface area contributed by atoms with Crippen LogP contribution in [-0.2, 0) is 10.0 Å². The second-order valence-electron chi connectivity index (χ2n) is 4.23. The lowest BCUT2D eigenvalue weighted by atomic mass is 10.2. The van der Waals surface area contributed by atoms with E-state index in [0.717, 1.165) is 18.2 Å². The highest BCUT2D eigenvalue weighted by Crippen LogP contribution is 2.23. The molecule has 0 aliphatic heterocycles. The monoisotopic (exact) mass is 308 g/mol. The third-order valence-electron chi connectivity index (χ3n) is 2.61. The van der Waals surface area contributed by atoms with E-state index >= 15 is 0 Å². The van der Waals surface area contributed by atoms with E-state index in [9.17, 15) is 23.4 Å². The lowest BCUT2D eigenvalue weighted by Gasteiger charge is -2.10. The number of phenols is 2. The molecule has 5 N–H and O–H groups in total. The van der Waals surface area contributed by atoms with Crippen molar-refractivity contribution in [1.82, 2.24) is 0 Å². The molecule has 2 rings (SSSR count). The average molecular weight is 308 g/mol. The second kappa shape index (κ2) is 5.43. The molecule has 21 heavy (non-hydrogen) atoms. The summed E-state index contributed by atoms with van der Waals surface area (Å²) in [7, 11) is -3.99. The number of anilines is 1. The molecule has 7 nitrogen and oxygen atoms in total. The summed E-state index contributed by atoms with van der Waals surface area (Å²) in [5, 5.41) is 26.1. The number of phenolic OH excluding ortho intramolecular Hbond substituents is 2. The molecule has 0 saturated heterocycles. The summed E-state index contributed by atoms with van der Waals surface area (Å²) in [6.45, 7) is 0. The first-order valence-electron chi connectivity index (χ1n) is 5.73. The first kappa shape index (κ1) is 14.8. The molecule has 0 bridgehead atoms. The molecule has 0 radical (unpaired) electrons. The number of nitrogens with one attached hydrogen (secondary N) is 1. The number of rotatable bonds is 3. The fraction of sp³-hybridized carbons (Fsp3) is 0. The zero-order valence-electron chi connectivity index (χ0n) is 10.6. The van der Waals surface area contributed by atoms with E-state index in [-0.39, 0.29) is 27.6 Å². The van der Waals surface area contributed by atoms with Crippen LogP contribution < -0.4 is 10.5 Å². The Labute approximate surface area is 120 Å². The van der Waals surface area contributed by atoms with E-state index in [2.05, 4.69) is 5.32 Å². The first-order valence-corrected chi connectivity index (χ1v) is 7.28. The van der Waals surface area contributed by atoms with Crippen LogP contribution >= 0.6 is 0 Å². The van der Waals surface area contributed by atoms with Crippen molar-refractivity contribution in [1.29, 1.82) is 0 Å². The van der Waals surface area contributed by atoms with Crippen LogP contribution in [0.2, 0.25) is 0 Å². The van der Waals surface area contributed by atoms with Crippen LogP contribution in [0.3, 0.4) is 0 Å². The molecule has 0 fully saturated rings. The van der Waals surface area contributed by atoms with Crippen molar-refractivity contribution in [3.8, 4) is 11.5 Å². The number of carbonyl (C=O) groups is 1. The number of hydrogen-bond donors (Lipinski definition) is 4. The Morgan fingerprint density at radius 1 is 1.05 bits per heavy atom. The molecule has 0 spiro atoms. The molecule has 0 heterocycles. The molecule has 8 heteroatoms. The molecular formula is C13H12N2O5S. The van der Waals surface area contributed by atoms with E-state index < -0.39 is 15.9 Å². The zero-order valence-corrected chi connectivity index (χ0v) is 11.5. The number of benzene rings is 2. The fourth-order valence-electron chi connectivity index (χ4n) is 1.74. The molecule has 2 aromatic rings. The number of sulfonamides is 1. The van der Waals surface area contributed by atoms with Crippen LogP contribution in [0.15, 0.2) is 47.4 Å². The van der Waals surface area contributed by atoms with Gasteiger partial charge in [-0.2, -0.15) is 0 Å². The zero-order chi connectivity index (χ0) is 15.6. The Morgan fingerprint density at radius 3 is 2.19 bits per heavy atom. The maximum absolute atomic E-state index is 12.0. The van der Waals surface area contributed by atoms with Crippen LogP contribution in [0.25, 0.3) is 0 Å². The first-order chi connectivity index (χ1) is 9.77. The molecule has 0 aliphatic carbocycles. The number of hydrogen-bond acceptors (Lipinski definition) is 5. The van der Waals surface area contributed by atoms with Gasteiger partial charge in [-0.1, -0.05) is 12.1 Å². The number of aromatic hydroxyl groups is 2. The van der Waals surface area contributed by atoms with Crippen molar-refractivity contribution in [3.63, 3.8) is 0 Å². The summed E-state index contributed by atoms with van der Waals surface area (Å²) >= 11 is 0. The second-order valence-corrected chi connectivity index (χ2v) is 5.76. The molecule has 0 unspecified atom stereocenters. The molecule has 0 aliphatic rings. The minimum atomic E-state index is -3.99. The van der Waals surface area contributed by atoms with Gasteiger partial charge in [0.05, 0.1) is 5.69 Å². The van der Waals surface area contributed by atoms with E-state index in [1.54, 1.807) is 0 Å². The number of para-hydroxylation sites is 1. The Kier molecular flexibility index (Phi) is 3.83. The quantitative estimate of drug-likeness (QED) is 0.672. The van der Waals surface area contributed by atoms with Crippen molar-refractivity contribution >= 4 is 21.6 Å². The lowest BCUT2D eigenvalue weighted by Crippen LogP contribution is -2.18. The Hall–Kier alpha value is -2.58. The van der Waals surface area contributed by atoms with E-state index in [1.165, 1.54) is 24.3 Å².